The normalized spacial score (nSPS) is 11.3. The van der Waals surface area contributed by atoms with Crippen LogP contribution in [0.4, 0.5) is 0 Å². The summed E-state index contributed by atoms with van der Waals surface area (Å²) in [4.78, 5) is 10.7. The van der Waals surface area contributed by atoms with Crippen LogP contribution < -0.4 is 4.72 Å². The number of benzene rings is 1. The summed E-state index contributed by atoms with van der Waals surface area (Å²) in [6, 6.07) is 5.71. The fraction of sp³-hybridized carbons (Fsp3) is 0.222. The summed E-state index contributed by atoms with van der Waals surface area (Å²) in [6.07, 6.45) is 0. The summed E-state index contributed by atoms with van der Waals surface area (Å²) in [5.74, 6) is -0.243. The van der Waals surface area contributed by atoms with Gasteiger partial charge in [-0.25, -0.2) is 13.1 Å². The lowest BCUT2D eigenvalue weighted by Crippen LogP contribution is -2.28. The van der Waals surface area contributed by atoms with E-state index in [0.29, 0.717) is 5.02 Å². The molecule has 0 heterocycles. The second-order valence-corrected chi connectivity index (χ2v) is 5.18. The first-order valence-electron chi connectivity index (χ1n) is 4.16. The molecule has 0 saturated carbocycles. The predicted molar refractivity (Wildman–Crippen MR) is 57.3 cm³/mol. The first-order valence-corrected chi connectivity index (χ1v) is 6.02. The minimum atomic E-state index is -3.60. The second-order valence-electron chi connectivity index (χ2n) is 2.98. The van der Waals surface area contributed by atoms with E-state index >= 15 is 0 Å². The average molecular weight is 248 g/mol. The molecule has 0 spiro atoms. The Morgan fingerprint density at radius 1 is 1.33 bits per heavy atom. The Hall–Kier alpha value is -0.910. The number of carbonyl (C=O) groups excluding carboxylic acids is 1. The van der Waals surface area contributed by atoms with Crippen LogP contribution >= 0.6 is 11.6 Å². The van der Waals surface area contributed by atoms with Crippen molar-refractivity contribution in [2.75, 3.05) is 6.54 Å². The number of halogens is 1. The van der Waals surface area contributed by atoms with E-state index < -0.39 is 10.0 Å². The molecule has 0 saturated heterocycles. The van der Waals surface area contributed by atoms with Crippen LogP contribution in [0, 0.1) is 0 Å². The molecule has 1 rings (SSSR count). The highest BCUT2D eigenvalue weighted by atomic mass is 35.5. The van der Waals surface area contributed by atoms with Crippen LogP contribution in [-0.4, -0.2) is 20.7 Å². The van der Waals surface area contributed by atoms with E-state index in [1.54, 1.807) is 0 Å². The van der Waals surface area contributed by atoms with Gasteiger partial charge in [0.1, 0.15) is 5.78 Å². The maximum atomic E-state index is 11.5. The van der Waals surface area contributed by atoms with E-state index in [4.69, 9.17) is 11.6 Å². The molecule has 0 aromatic heterocycles. The summed E-state index contributed by atoms with van der Waals surface area (Å²) >= 11 is 5.62. The van der Waals surface area contributed by atoms with Crippen molar-refractivity contribution in [3.8, 4) is 0 Å². The minimum Gasteiger partial charge on any atom is -0.299 e. The number of hydrogen-bond acceptors (Lipinski definition) is 3. The van der Waals surface area contributed by atoms with Gasteiger partial charge in [-0.15, -0.1) is 0 Å². The average Bonchev–Trinajstić information content (AvgIpc) is 2.16. The molecule has 4 nitrogen and oxygen atoms in total. The molecule has 1 aromatic rings. The molecule has 1 aromatic carbocycles. The monoisotopic (exact) mass is 247 g/mol. The summed E-state index contributed by atoms with van der Waals surface area (Å²) in [5, 5.41) is 0.459. The molecule has 0 amide bonds. The zero-order chi connectivity index (χ0) is 11.5. The molecule has 0 atom stereocenters. The number of hydrogen-bond donors (Lipinski definition) is 1. The lowest BCUT2D eigenvalue weighted by Gasteiger charge is -2.04. The molecule has 0 radical (unpaired) electrons. The number of nitrogens with one attached hydrogen (secondary N) is 1. The van der Waals surface area contributed by atoms with Crippen LogP contribution in [0.5, 0.6) is 0 Å². The van der Waals surface area contributed by atoms with Gasteiger partial charge in [0.15, 0.2) is 0 Å². The van der Waals surface area contributed by atoms with Gasteiger partial charge in [-0.3, -0.25) is 4.79 Å². The molecule has 0 unspecified atom stereocenters. The third kappa shape index (κ3) is 3.62. The van der Waals surface area contributed by atoms with E-state index in [1.807, 2.05) is 0 Å². The number of carbonyl (C=O) groups is 1. The number of sulfonamides is 1. The highest BCUT2D eigenvalue weighted by Gasteiger charge is 2.13. The topological polar surface area (TPSA) is 63.2 Å². The fourth-order valence-electron chi connectivity index (χ4n) is 0.894. The van der Waals surface area contributed by atoms with Crippen molar-refractivity contribution in [3.05, 3.63) is 29.3 Å². The number of ketones is 1. The van der Waals surface area contributed by atoms with Crippen molar-refractivity contribution in [2.45, 2.75) is 11.8 Å². The van der Waals surface area contributed by atoms with Crippen LogP contribution in [0.3, 0.4) is 0 Å². The van der Waals surface area contributed by atoms with Crippen molar-refractivity contribution in [2.24, 2.45) is 0 Å². The molecule has 0 fully saturated rings. The van der Waals surface area contributed by atoms with E-state index in [-0.39, 0.29) is 17.2 Å². The Morgan fingerprint density at radius 2 is 1.87 bits per heavy atom. The van der Waals surface area contributed by atoms with Gasteiger partial charge in [-0.1, -0.05) is 11.6 Å². The molecule has 0 aliphatic rings. The quantitative estimate of drug-likeness (QED) is 0.870. The molecule has 15 heavy (non-hydrogen) atoms. The van der Waals surface area contributed by atoms with Gasteiger partial charge in [-0.2, -0.15) is 0 Å². The molecular formula is C9H10ClNO3S. The number of rotatable bonds is 4. The Morgan fingerprint density at radius 3 is 2.33 bits per heavy atom. The third-order valence-corrected chi connectivity index (χ3v) is 3.30. The van der Waals surface area contributed by atoms with E-state index in [0.717, 1.165) is 0 Å². The largest absolute Gasteiger partial charge is 0.299 e. The summed E-state index contributed by atoms with van der Waals surface area (Å²) in [7, 11) is -3.60. The first-order chi connectivity index (χ1) is 6.92. The van der Waals surface area contributed by atoms with Crippen LogP contribution in [0.1, 0.15) is 6.92 Å². The lowest BCUT2D eigenvalue weighted by molar-refractivity contribution is -0.115. The van der Waals surface area contributed by atoms with Gasteiger partial charge in [0, 0.05) is 5.02 Å². The smallest absolute Gasteiger partial charge is 0.240 e. The van der Waals surface area contributed by atoms with Crippen molar-refractivity contribution in [1.29, 1.82) is 0 Å². The zero-order valence-electron chi connectivity index (χ0n) is 8.03. The molecular weight excluding hydrogens is 238 g/mol. The third-order valence-electron chi connectivity index (χ3n) is 1.64. The summed E-state index contributed by atoms with van der Waals surface area (Å²) in [5.41, 5.74) is 0. The van der Waals surface area contributed by atoms with E-state index in [2.05, 4.69) is 4.72 Å². The van der Waals surface area contributed by atoms with Crippen LogP contribution in [0.15, 0.2) is 29.2 Å². The molecule has 0 bridgehead atoms. The number of Topliss-reactive ketones (excluding diaryl/α,β-unsaturated/α-hetero) is 1. The molecule has 0 aliphatic carbocycles. The maximum Gasteiger partial charge on any atom is 0.240 e. The van der Waals surface area contributed by atoms with Gasteiger partial charge in [-0.05, 0) is 31.2 Å². The summed E-state index contributed by atoms with van der Waals surface area (Å²) < 4.78 is 25.3. The Kier molecular flexibility index (Phi) is 3.84. The SMILES string of the molecule is CC(=O)CNS(=O)(=O)c1ccc(Cl)cc1. The van der Waals surface area contributed by atoms with E-state index in [1.165, 1.54) is 31.2 Å². The Balaban J connectivity index is 2.87. The maximum absolute atomic E-state index is 11.5. The zero-order valence-corrected chi connectivity index (χ0v) is 9.60. The van der Waals surface area contributed by atoms with Crippen LogP contribution in [0.25, 0.3) is 0 Å². The van der Waals surface area contributed by atoms with Gasteiger partial charge < -0.3 is 0 Å². The second kappa shape index (κ2) is 4.74. The van der Waals surface area contributed by atoms with Crippen molar-refractivity contribution in [3.63, 3.8) is 0 Å². The highest BCUT2D eigenvalue weighted by Crippen LogP contribution is 2.13. The van der Waals surface area contributed by atoms with Crippen molar-refractivity contribution in [1.82, 2.24) is 4.72 Å². The predicted octanol–water partition coefficient (Wildman–Crippen LogP) is 1.21. The standard InChI is InChI=1S/C9H10ClNO3S/c1-7(12)6-11-15(13,14)9-4-2-8(10)3-5-9/h2-5,11H,6H2,1H3. The fourth-order valence-corrected chi connectivity index (χ4v) is 2.07. The first kappa shape index (κ1) is 12.2. The minimum absolute atomic E-state index is 0.0909. The van der Waals surface area contributed by atoms with Crippen LogP contribution in [0.2, 0.25) is 5.02 Å². The lowest BCUT2D eigenvalue weighted by atomic mass is 10.4. The summed E-state index contributed by atoms with van der Waals surface area (Å²) in [6.45, 7) is 1.11. The molecule has 82 valence electrons. The Bertz CT molecular complexity index is 453. The molecule has 1 N–H and O–H groups in total. The van der Waals surface area contributed by atoms with E-state index in [9.17, 15) is 13.2 Å². The molecule has 6 heteroatoms. The Labute approximate surface area is 93.3 Å². The van der Waals surface area contributed by atoms with Gasteiger partial charge >= 0.3 is 0 Å². The molecule has 0 aliphatic heterocycles. The van der Waals surface area contributed by atoms with Crippen molar-refractivity contribution < 1.29 is 13.2 Å². The van der Waals surface area contributed by atoms with Crippen molar-refractivity contribution >= 4 is 27.4 Å². The van der Waals surface area contributed by atoms with Gasteiger partial charge in [0.2, 0.25) is 10.0 Å². The highest BCUT2D eigenvalue weighted by molar-refractivity contribution is 7.89. The van der Waals surface area contributed by atoms with Gasteiger partial charge in [0.25, 0.3) is 0 Å². The van der Waals surface area contributed by atoms with Crippen LogP contribution in [-0.2, 0) is 14.8 Å². The van der Waals surface area contributed by atoms with Gasteiger partial charge in [0.05, 0.1) is 11.4 Å².